The van der Waals surface area contributed by atoms with Gasteiger partial charge in [-0.25, -0.2) is 4.79 Å². The van der Waals surface area contributed by atoms with Gasteiger partial charge in [0.1, 0.15) is 5.60 Å². The zero-order chi connectivity index (χ0) is 17.2. The van der Waals surface area contributed by atoms with Crippen LogP contribution >= 0.6 is 0 Å². The van der Waals surface area contributed by atoms with Crippen molar-refractivity contribution in [3.8, 4) is 0 Å². The maximum atomic E-state index is 12.3. The minimum absolute atomic E-state index is 0.198. The zero-order valence-electron chi connectivity index (χ0n) is 14.8. The van der Waals surface area contributed by atoms with E-state index in [1.54, 1.807) is 4.90 Å². The van der Waals surface area contributed by atoms with E-state index in [-0.39, 0.29) is 17.8 Å². The fourth-order valence-corrected chi connectivity index (χ4v) is 3.25. The number of rotatable bonds is 3. The van der Waals surface area contributed by atoms with Crippen molar-refractivity contribution < 1.29 is 19.0 Å². The summed E-state index contributed by atoms with van der Waals surface area (Å²) in [4.78, 5) is 14.0. The molecule has 1 aromatic carbocycles. The molecule has 0 bridgehead atoms. The lowest BCUT2D eigenvalue weighted by Gasteiger charge is -2.51. The minimum atomic E-state index is -0.469. The van der Waals surface area contributed by atoms with E-state index in [1.165, 1.54) is 5.56 Å². The van der Waals surface area contributed by atoms with Gasteiger partial charge < -0.3 is 19.1 Å². The number of hydrogen-bond acceptors (Lipinski definition) is 4. The summed E-state index contributed by atoms with van der Waals surface area (Å²) in [5.74, 6) is 0. The van der Waals surface area contributed by atoms with Crippen molar-refractivity contribution in [3.63, 3.8) is 0 Å². The molecule has 5 nitrogen and oxygen atoms in total. The highest BCUT2D eigenvalue weighted by molar-refractivity contribution is 5.68. The third kappa shape index (κ3) is 4.28. The summed E-state index contributed by atoms with van der Waals surface area (Å²) in [7, 11) is 0. The second-order valence-corrected chi connectivity index (χ2v) is 7.76. The summed E-state index contributed by atoms with van der Waals surface area (Å²) in [6.45, 7) is 8.02. The van der Waals surface area contributed by atoms with Crippen molar-refractivity contribution in [1.29, 1.82) is 0 Å². The Morgan fingerprint density at radius 2 is 2.00 bits per heavy atom. The number of ether oxygens (including phenoxy) is 3. The molecule has 1 saturated carbocycles. The Kier molecular flexibility index (Phi) is 4.83. The van der Waals surface area contributed by atoms with Crippen molar-refractivity contribution in [3.05, 3.63) is 35.9 Å². The molecule has 0 N–H and O–H groups in total. The summed E-state index contributed by atoms with van der Waals surface area (Å²) in [6, 6.07) is 10.2. The topological polar surface area (TPSA) is 48.0 Å². The van der Waals surface area contributed by atoms with Gasteiger partial charge in [0.25, 0.3) is 0 Å². The molecule has 132 valence electrons. The Labute approximate surface area is 143 Å². The Balaban J connectivity index is 1.47. The minimum Gasteiger partial charge on any atom is -0.444 e. The first-order valence-corrected chi connectivity index (χ1v) is 8.63. The lowest BCUT2D eigenvalue weighted by atomic mass is 9.76. The molecular weight excluding hydrogens is 306 g/mol. The number of amides is 1. The average Bonchev–Trinajstić information content (AvgIpc) is 2.50. The Hall–Kier alpha value is -1.59. The number of morpholine rings is 1. The second-order valence-electron chi connectivity index (χ2n) is 7.76. The van der Waals surface area contributed by atoms with E-state index in [4.69, 9.17) is 14.2 Å². The van der Waals surface area contributed by atoms with Gasteiger partial charge in [-0.05, 0) is 26.3 Å². The Morgan fingerprint density at radius 1 is 1.29 bits per heavy atom. The van der Waals surface area contributed by atoms with E-state index < -0.39 is 5.60 Å². The molecule has 1 spiro atoms. The molecule has 1 saturated heterocycles. The SMILES string of the molecule is CC(C)(C)OC(=O)N1CCOC2(CC(OCc3ccccc3)C2)C1. The van der Waals surface area contributed by atoms with Crippen LogP contribution in [0, 0.1) is 0 Å². The molecule has 24 heavy (non-hydrogen) atoms. The first kappa shape index (κ1) is 17.2. The number of benzene rings is 1. The van der Waals surface area contributed by atoms with Crippen LogP contribution in [0.2, 0.25) is 0 Å². The largest absolute Gasteiger partial charge is 0.444 e. The van der Waals surface area contributed by atoms with Crippen LogP contribution in [-0.2, 0) is 20.8 Å². The molecule has 0 aromatic heterocycles. The quantitative estimate of drug-likeness (QED) is 0.851. The number of carbonyl (C=O) groups is 1. The summed E-state index contributed by atoms with van der Waals surface area (Å²) >= 11 is 0. The van der Waals surface area contributed by atoms with Gasteiger partial charge >= 0.3 is 6.09 Å². The standard InChI is InChI=1S/C19H27NO4/c1-18(2,3)24-17(21)20-9-10-23-19(14-20)11-16(12-19)22-13-15-7-5-4-6-8-15/h4-8,16H,9-14H2,1-3H3. The predicted octanol–water partition coefficient (Wildman–Crippen LogP) is 3.37. The fraction of sp³-hybridized carbons (Fsp3) is 0.632. The maximum absolute atomic E-state index is 12.3. The van der Waals surface area contributed by atoms with Crippen molar-refractivity contribution in [2.45, 2.75) is 57.5 Å². The van der Waals surface area contributed by atoms with Gasteiger partial charge in [0, 0.05) is 19.4 Å². The van der Waals surface area contributed by atoms with Crippen LogP contribution in [0.1, 0.15) is 39.2 Å². The third-order valence-corrected chi connectivity index (χ3v) is 4.43. The van der Waals surface area contributed by atoms with Gasteiger partial charge in [-0.15, -0.1) is 0 Å². The van der Waals surface area contributed by atoms with Gasteiger partial charge in [-0.1, -0.05) is 30.3 Å². The smallest absolute Gasteiger partial charge is 0.410 e. The molecule has 2 aliphatic rings. The molecule has 5 heteroatoms. The van der Waals surface area contributed by atoms with E-state index in [0.29, 0.717) is 26.3 Å². The molecule has 1 aliphatic carbocycles. The lowest BCUT2D eigenvalue weighted by molar-refractivity contribution is -0.203. The van der Waals surface area contributed by atoms with E-state index in [2.05, 4.69) is 12.1 Å². The molecule has 0 unspecified atom stereocenters. The number of nitrogens with zero attached hydrogens (tertiary/aromatic N) is 1. The van der Waals surface area contributed by atoms with Gasteiger partial charge in [0.05, 0.1) is 31.5 Å². The maximum Gasteiger partial charge on any atom is 0.410 e. The van der Waals surface area contributed by atoms with Crippen molar-refractivity contribution in [1.82, 2.24) is 4.90 Å². The van der Waals surface area contributed by atoms with Crippen LogP contribution in [0.15, 0.2) is 30.3 Å². The lowest BCUT2D eigenvalue weighted by Crippen LogP contribution is -2.62. The van der Waals surface area contributed by atoms with Gasteiger partial charge in [0.2, 0.25) is 0 Å². The van der Waals surface area contributed by atoms with Gasteiger partial charge in [-0.3, -0.25) is 0 Å². The molecule has 1 heterocycles. The van der Waals surface area contributed by atoms with Crippen LogP contribution in [0.5, 0.6) is 0 Å². The fourth-order valence-electron chi connectivity index (χ4n) is 3.25. The average molecular weight is 333 g/mol. The third-order valence-electron chi connectivity index (χ3n) is 4.43. The van der Waals surface area contributed by atoms with Crippen LogP contribution in [0.3, 0.4) is 0 Å². The van der Waals surface area contributed by atoms with Crippen molar-refractivity contribution >= 4 is 6.09 Å². The zero-order valence-corrected chi connectivity index (χ0v) is 14.8. The van der Waals surface area contributed by atoms with Crippen LogP contribution in [0.4, 0.5) is 4.79 Å². The van der Waals surface area contributed by atoms with Crippen molar-refractivity contribution in [2.24, 2.45) is 0 Å². The monoisotopic (exact) mass is 333 g/mol. The van der Waals surface area contributed by atoms with E-state index in [0.717, 1.165) is 12.8 Å². The number of carbonyl (C=O) groups excluding carboxylic acids is 1. The van der Waals surface area contributed by atoms with Gasteiger partial charge in [-0.2, -0.15) is 0 Å². The second kappa shape index (κ2) is 6.73. The summed E-state index contributed by atoms with van der Waals surface area (Å²) in [6.07, 6.45) is 1.61. The summed E-state index contributed by atoms with van der Waals surface area (Å²) in [5.41, 5.74) is 0.457. The first-order chi connectivity index (χ1) is 11.4. The molecule has 2 fully saturated rings. The van der Waals surface area contributed by atoms with E-state index in [1.807, 2.05) is 39.0 Å². The Bertz CT molecular complexity index is 560. The Morgan fingerprint density at radius 3 is 2.67 bits per heavy atom. The molecular formula is C19H27NO4. The molecule has 0 radical (unpaired) electrons. The highest BCUT2D eigenvalue weighted by atomic mass is 16.6. The normalized spacial score (nSPS) is 27.0. The first-order valence-electron chi connectivity index (χ1n) is 8.63. The highest BCUT2D eigenvalue weighted by Gasteiger charge is 2.50. The highest BCUT2D eigenvalue weighted by Crippen LogP contribution is 2.41. The molecule has 3 rings (SSSR count). The summed E-state index contributed by atoms with van der Waals surface area (Å²) in [5, 5.41) is 0. The number of hydrogen-bond donors (Lipinski definition) is 0. The molecule has 0 atom stereocenters. The molecule has 1 aliphatic heterocycles. The molecule has 1 aromatic rings. The van der Waals surface area contributed by atoms with Crippen LogP contribution in [0.25, 0.3) is 0 Å². The van der Waals surface area contributed by atoms with Crippen LogP contribution in [-0.4, -0.2) is 48.0 Å². The molecule has 1 amide bonds. The summed E-state index contributed by atoms with van der Waals surface area (Å²) < 4.78 is 17.4. The van der Waals surface area contributed by atoms with E-state index >= 15 is 0 Å². The van der Waals surface area contributed by atoms with Crippen LogP contribution < -0.4 is 0 Å². The predicted molar refractivity (Wildman–Crippen MR) is 90.7 cm³/mol. The van der Waals surface area contributed by atoms with Gasteiger partial charge in [0.15, 0.2) is 0 Å². The van der Waals surface area contributed by atoms with E-state index in [9.17, 15) is 4.79 Å². The van der Waals surface area contributed by atoms with Crippen molar-refractivity contribution in [2.75, 3.05) is 19.7 Å².